The molecule has 8 heteroatoms. The molecule has 0 saturated heterocycles. The number of methoxy groups -OCH3 is 1. The summed E-state index contributed by atoms with van der Waals surface area (Å²) in [5.74, 6) is -2.52. The van der Waals surface area contributed by atoms with Gasteiger partial charge < -0.3 is 10.1 Å². The molecule has 0 radical (unpaired) electrons. The lowest BCUT2D eigenvalue weighted by molar-refractivity contribution is 0.102. The van der Waals surface area contributed by atoms with Gasteiger partial charge in [-0.05, 0) is 18.2 Å². The normalized spacial score (nSPS) is 10.5. The molecule has 0 saturated carbocycles. The third kappa shape index (κ3) is 3.07. The van der Waals surface area contributed by atoms with E-state index in [-0.39, 0.29) is 17.1 Å². The number of nitrogens with zero attached hydrogens (tertiary/aromatic N) is 3. The number of nitrogens with one attached hydrogen (secondary N) is 1. The number of pyridine rings is 1. The van der Waals surface area contributed by atoms with Gasteiger partial charge in [0.05, 0.1) is 18.5 Å². The summed E-state index contributed by atoms with van der Waals surface area (Å²) >= 11 is 0. The second-order valence-corrected chi connectivity index (χ2v) is 4.77. The van der Waals surface area contributed by atoms with E-state index >= 15 is 0 Å². The van der Waals surface area contributed by atoms with Gasteiger partial charge in [0.1, 0.15) is 5.69 Å². The first-order valence-corrected chi connectivity index (χ1v) is 6.89. The van der Waals surface area contributed by atoms with Gasteiger partial charge in [0.2, 0.25) is 0 Å². The Bertz CT molecular complexity index is 882. The molecule has 0 aliphatic carbocycles. The molecule has 0 fully saturated rings. The highest BCUT2D eigenvalue weighted by molar-refractivity contribution is 6.03. The Morgan fingerprint density at radius 2 is 2.04 bits per heavy atom. The molecular weight excluding hydrogens is 318 g/mol. The van der Waals surface area contributed by atoms with Crippen LogP contribution >= 0.6 is 0 Å². The van der Waals surface area contributed by atoms with Crippen LogP contribution in [0.15, 0.2) is 48.9 Å². The van der Waals surface area contributed by atoms with E-state index in [2.05, 4.69) is 20.1 Å². The van der Waals surface area contributed by atoms with Gasteiger partial charge in [-0.3, -0.25) is 9.78 Å². The second kappa shape index (κ2) is 6.45. The molecule has 1 N–H and O–H groups in total. The van der Waals surface area contributed by atoms with Crippen LogP contribution in [0.4, 0.5) is 14.5 Å². The number of ether oxygens (including phenoxy) is 1. The van der Waals surface area contributed by atoms with E-state index in [1.165, 1.54) is 19.4 Å². The van der Waals surface area contributed by atoms with E-state index in [0.29, 0.717) is 5.69 Å². The summed E-state index contributed by atoms with van der Waals surface area (Å²) in [7, 11) is 1.22. The average Bonchev–Trinajstić information content (AvgIpc) is 3.12. The highest BCUT2D eigenvalue weighted by Crippen LogP contribution is 2.25. The molecule has 122 valence electrons. The lowest BCUT2D eigenvalue weighted by atomic mass is 10.2. The van der Waals surface area contributed by atoms with Crippen molar-refractivity contribution in [3.8, 4) is 11.4 Å². The van der Waals surface area contributed by atoms with Crippen molar-refractivity contribution < 1.29 is 18.3 Å². The Balaban J connectivity index is 1.86. The molecule has 1 amide bonds. The molecule has 6 nitrogen and oxygen atoms in total. The Morgan fingerprint density at radius 1 is 1.21 bits per heavy atom. The van der Waals surface area contributed by atoms with E-state index in [1.807, 2.05) is 0 Å². The van der Waals surface area contributed by atoms with Crippen molar-refractivity contribution in [2.45, 2.75) is 0 Å². The molecule has 3 rings (SSSR count). The molecular formula is C16H12F2N4O2. The minimum Gasteiger partial charge on any atom is -0.494 e. The summed E-state index contributed by atoms with van der Waals surface area (Å²) in [5.41, 5.74) is 0.352. The van der Waals surface area contributed by atoms with Crippen LogP contribution in [0.5, 0.6) is 5.75 Å². The molecule has 0 atom stereocenters. The van der Waals surface area contributed by atoms with Gasteiger partial charge in [-0.25, -0.2) is 13.5 Å². The SMILES string of the molecule is COc1cc(F)c(NC(=O)c2cc(-n3cccn3)ccn2)cc1F. The first-order valence-electron chi connectivity index (χ1n) is 6.89. The molecule has 2 heterocycles. The van der Waals surface area contributed by atoms with E-state index in [9.17, 15) is 13.6 Å². The van der Waals surface area contributed by atoms with Crippen molar-refractivity contribution in [1.29, 1.82) is 0 Å². The molecule has 0 bridgehead atoms. The lowest BCUT2D eigenvalue weighted by Crippen LogP contribution is -2.15. The number of aromatic nitrogens is 3. The maximum Gasteiger partial charge on any atom is 0.274 e. The second-order valence-electron chi connectivity index (χ2n) is 4.77. The van der Waals surface area contributed by atoms with Crippen LogP contribution in [0.3, 0.4) is 0 Å². The Labute approximate surface area is 135 Å². The number of benzene rings is 1. The number of anilines is 1. The van der Waals surface area contributed by atoms with E-state index < -0.39 is 17.5 Å². The zero-order valence-electron chi connectivity index (χ0n) is 12.5. The van der Waals surface area contributed by atoms with Crippen molar-refractivity contribution in [1.82, 2.24) is 14.8 Å². The fourth-order valence-electron chi connectivity index (χ4n) is 2.07. The summed E-state index contributed by atoms with van der Waals surface area (Å²) in [4.78, 5) is 16.2. The van der Waals surface area contributed by atoms with E-state index in [0.717, 1.165) is 12.1 Å². The highest BCUT2D eigenvalue weighted by atomic mass is 19.1. The van der Waals surface area contributed by atoms with Crippen molar-refractivity contribution in [3.05, 3.63) is 66.3 Å². The van der Waals surface area contributed by atoms with Gasteiger partial charge in [-0.1, -0.05) is 0 Å². The van der Waals surface area contributed by atoms with Gasteiger partial charge in [0, 0.05) is 30.7 Å². The number of rotatable bonds is 4. The number of amides is 1. The number of halogens is 2. The topological polar surface area (TPSA) is 69.0 Å². The molecule has 3 aromatic rings. The van der Waals surface area contributed by atoms with Crippen molar-refractivity contribution in [3.63, 3.8) is 0 Å². The van der Waals surface area contributed by atoms with Crippen LogP contribution in [-0.2, 0) is 0 Å². The monoisotopic (exact) mass is 330 g/mol. The summed E-state index contributed by atoms with van der Waals surface area (Å²) in [6.07, 6.45) is 4.72. The summed E-state index contributed by atoms with van der Waals surface area (Å²) in [6, 6.07) is 6.59. The highest BCUT2D eigenvalue weighted by Gasteiger charge is 2.15. The third-order valence-corrected chi connectivity index (χ3v) is 3.23. The Kier molecular flexibility index (Phi) is 4.19. The number of hydrogen-bond acceptors (Lipinski definition) is 4. The maximum atomic E-state index is 13.9. The van der Waals surface area contributed by atoms with E-state index in [4.69, 9.17) is 0 Å². The maximum absolute atomic E-state index is 13.9. The molecule has 2 aromatic heterocycles. The minimum absolute atomic E-state index is 0.0404. The largest absolute Gasteiger partial charge is 0.494 e. The molecule has 0 spiro atoms. The average molecular weight is 330 g/mol. The van der Waals surface area contributed by atoms with E-state index in [1.54, 1.807) is 29.2 Å². The smallest absolute Gasteiger partial charge is 0.274 e. The molecule has 0 unspecified atom stereocenters. The van der Waals surface area contributed by atoms with Gasteiger partial charge in [0.25, 0.3) is 5.91 Å². The van der Waals surface area contributed by atoms with Crippen LogP contribution in [0, 0.1) is 11.6 Å². The fraction of sp³-hybridized carbons (Fsp3) is 0.0625. The summed E-state index contributed by atoms with van der Waals surface area (Å²) in [6.45, 7) is 0. The van der Waals surface area contributed by atoms with Crippen molar-refractivity contribution >= 4 is 11.6 Å². The first-order chi connectivity index (χ1) is 11.6. The minimum atomic E-state index is -0.815. The summed E-state index contributed by atoms with van der Waals surface area (Å²) < 4.78 is 33.8. The van der Waals surface area contributed by atoms with Crippen molar-refractivity contribution in [2.24, 2.45) is 0 Å². The van der Waals surface area contributed by atoms with Gasteiger partial charge in [0.15, 0.2) is 17.4 Å². The summed E-state index contributed by atoms with van der Waals surface area (Å²) in [5, 5.41) is 6.34. The van der Waals surface area contributed by atoms with Crippen LogP contribution in [0.2, 0.25) is 0 Å². The zero-order chi connectivity index (χ0) is 17.1. The van der Waals surface area contributed by atoms with Crippen LogP contribution in [0.1, 0.15) is 10.5 Å². The zero-order valence-corrected chi connectivity index (χ0v) is 12.5. The Morgan fingerprint density at radius 3 is 2.75 bits per heavy atom. The van der Waals surface area contributed by atoms with Crippen LogP contribution in [0.25, 0.3) is 5.69 Å². The predicted octanol–water partition coefficient (Wildman–Crippen LogP) is 2.81. The molecule has 1 aromatic carbocycles. The quantitative estimate of drug-likeness (QED) is 0.799. The molecule has 0 aliphatic heterocycles. The fourth-order valence-corrected chi connectivity index (χ4v) is 2.07. The van der Waals surface area contributed by atoms with Gasteiger partial charge in [-0.15, -0.1) is 0 Å². The van der Waals surface area contributed by atoms with Gasteiger partial charge in [-0.2, -0.15) is 5.10 Å². The molecule has 0 aliphatic rings. The number of carbonyl (C=O) groups is 1. The molecule has 24 heavy (non-hydrogen) atoms. The predicted molar refractivity (Wildman–Crippen MR) is 82.2 cm³/mol. The third-order valence-electron chi connectivity index (χ3n) is 3.23. The van der Waals surface area contributed by atoms with Crippen LogP contribution < -0.4 is 10.1 Å². The van der Waals surface area contributed by atoms with Gasteiger partial charge >= 0.3 is 0 Å². The Hall–Kier alpha value is -3.29. The number of carbonyl (C=O) groups excluding carboxylic acids is 1. The van der Waals surface area contributed by atoms with Crippen LogP contribution in [-0.4, -0.2) is 27.8 Å². The van der Waals surface area contributed by atoms with Crippen molar-refractivity contribution in [2.75, 3.05) is 12.4 Å². The first kappa shape index (κ1) is 15.6. The standard InChI is InChI=1S/C16H12F2N4O2/c1-24-15-9-11(17)13(8-12(15)18)21-16(23)14-7-10(3-5-19-14)22-6-2-4-20-22/h2-9H,1H3,(H,21,23). The number of hydrogen-bond donors (Lipinski definition) is 1. The lowest BCUT2D eigenvalue weighted by Gasteiger charge is -2.09.